The Bertz CT molecular complexity index is 555. The van der Waals surface area contributed by atoms with Gasteiger partial charge in [-0.15, -0.1) is 22.7 Å². The lowest BCUT2D eigenvalue weighted by molar-refractivity contribution is 0.728. The molecule has 0 radical (unpaired) electrons. The second-order valence-corrected chi connectivity index (χ2v) is 5.89. The lowest BCUT2D eigenvalue weighted by Crippen LogP contribution is -2.11. The van der Waals surface area contributed by atoms with Gasteiger partial charge in [-0.3, -0.25) is 0 Å². The largest absolute Gasteiger partial charge is 0.338 e. The second kappa shape index (κ2) is 5.10. The molecule has 3 heterocycles. The number of aromatic nitrogens is 1. The zero-order valence-electron chi connectivity index (χ0n) is 9.87. The van der Waals surface area contributed by atoms with Crippen LogP contribution >= 0.6 is 22.7 Å². The van der Waals surface area contributed by atoms with Crippen LogP contribution in [-0.2, 0) is 6.54 Å². The molecular weight excluding hydrogens is 260 g/mol. The van der Waals surface area contributed by atoms with Crippen LogP contribution in [0.2, 0.25) is 0 Å². The molecule has 0 saturated carbocycles. The number of rotatable bonds is 4. The van der Waals surface area contributed by atoms with Gasteiger partial charge in [0.2, 0.25) is 0 Å². The van der Waals surface area contributed by atoms with Crippen molar-refractivity contribution in [2.24, 2.45) is 5.73 Å². The molecule has 3 rings (SSSR count). The summed E-state index contributed by atoms with van der Waals surface area (Å²) in [7, 11) is 0. The van der Waals surface area contributed by atoms with E-state index in [0.29, 0.717) is 6.54 Å². The van der Waals surface area contributed by atoms with E-state index in [9.17, 15) is 0 Å². The van der Waals surface area contributed by atoms with E-state index < -0.39 is 0 Å². The van der Waals surface area contributed by atoms with Gasteiger partial charge in [0.1, 0.15) is 0 Å². The van der Waals surface area contributed by atoms with Crippen molar-refractivity contribution in [2.45, 2.75) is 6.54 Å². The van der Waals surface area contributed by atoms with Crippen LogP contribution in [0.25, 0.3) is 21.1 Å². The fourth-order valence-corrected chi connectivity index (χ4v) is 3.64. The predicted molar refractivity (Wildman–Crippen MR) is 80.1 cm³/mol. The molecule has 0 unspecified atom stereocenters. The molecule has 4 heteroatoms. The third kappa shape index (κ3) is 2.03. The van der Waals surface area contributed by atoms with Crippen molar-refractivity contribution in [3.05, 3.63) is 47.2 Å². The highest BCUT2D eigenvalue weighted by Gasteiger charge is 2.12. The SMILES string of the molecule is NCCn1c(-c2cccs2)ccc1-c1cccs1. The molecule has 0 atom stereocenters. The van der Waals surface area contributed by atoms with Gasteiger partial charge in [0, 0.05) is 13.1 Å². The lowest BCUT2D eigenvalue weighted by Gasteiger charge is -2.10. The molecule has 0 aromatic carbocycles. The van der Waals surface area contributed by atoms with Gasteiger partial charge in [-0.05, 0) is 35.0 Å². The highest BCUT2D eigenvalue weighted by atomic mass is 32.1. The summed E-state index contributed by atoms with van der Waals surface area (Å²) in [5.41, 5.74) is 8.28. The lowest BCUT2D eigenvalue weighted by atomic mass is 10.3. The normalized spacial score (nSPS) is 10.9. The number of nitrogens with zero attached hydrogens (tertiary/aromatic N) is 1. The molecule has 0 bridgehead atoms. The number of hydrogen-bond acceptors (Lipinski definition) is 3. The predicted octanol–water partition coefficient (Wildman–Crippen LogP) is 3.90. The quantitative estimate of drug-likeness (QED) is 0.768. The summed E-state index contributed by atoms with van der Waals surface area (Å²) in [6.07, 6.45) is 0. The minimum atomic E-state index is 0.658. The third-order valence-electron chi connectivity index (χ3n) is 2.88. The van der Waals surface area contributed by atoms with Crippen molar-refractivity contribution in [1.82, 2.24) is 4.57 Å². The van der Waals surface area contributed by atoms with E-state index >= 15 is 0 Å². The summed E-state index contributed by atoms with van der Waals surface area (Å²) in [5, 5.41) is 4.22. The molecule has 0 fully saturated rings. The maximum absolute atomic E-state index is 5.75. The van der Waals surface area contributed by atoms with Gasteiger partial charge < -0.3 is 10.3 Å². The van der Waals surface area contributed by atoms with Gasteiger partial charge in [0.25, 0.3) is 0 Å². The van der Waals surface area contributed by atoms with E-state index in [0.717, 1.165) is 6.54 Å². The Labute approximate surface area is 114 Å². The smallest absolute Gasteiger partial charge is 0.0587 e. The summed E-state index contributed by atoms with van der Waals surface area (Å²) < 4.78 is 2.32. The van der Waals surface area contributed by atoms with Crippen LogP contribution in [0.15, 0.2) is 47.2 Å². The first-order valence-corrected chi connectivity index (χ1v) is 7.63. The maximum Gasteiger partial charge on any atom is 0.0587 e. The average molecular weight is 274 g/mol. The highest BCUT2D eigenvalue weighted by molar-refractivity contribution is 7.14. The van der Waals surface area contributed by atoms with Gasteiger partial charge in [0.15, 0.2) is 0 Å². The Morgan fingerprint density at radius 2 is 1.44 bits per heavy atom. The standard InChI is InChI=1S/C14H14N2S2/c15-7-8-16-11(13-3-1-9-17-13)5-6-12(16)14-4-2-10-18-14/h1-6,9-10H,7-8,15H2. The van der Waals surface area contributed by atoms with Crippen LogP contribution in [-0.4, -0.2) is 11.1 Å². The van der Waals surface area contributed by atoms with E-state index in [1.54, 1.807) is 22.7 Å². The van der Waals surface area contributed by atoms with Crippen molar-refractivity contribution in [3.8, 4) is 21.1 Å². The molecule has 0 aliphatic rings. The van der Waals surface area contributed by atoms with E-state index in [1.807, 2.05) is 0 Å². The summed E-state index contributed by atoms with van der Waals surface area (Å²) in [4.78, 5) is 2.59. The zero-order chi connectivity index (χ0) is 12.4. The first-order chi connectivity index (χ1) is 8.90. The van der Waals surface area contributed by atoms with Crippen LogP contribution in [0.3, 0.4) is 0 Å². The Morgan fingerprint density at radius 1 is 0.889 bits per heavy atom. The molecule has 0 amide bonds. The first kappa shape index (κ1) is 11.7. The van der Waals surface area contributed by atoms with Crippen molar-refractivity contribution < 1.29 is 0 Å². The van der Waals surface area contributed by atoms with Crippen LogP contribution in [0, 0.1) is 0 Å². The molecule has 3 aromatic rings. The Hall–Kier alpha value is -1.36. The molecule has 0 saturated heterocycles. The van der Waals surface area contributed by atoms with Crippen molar-refractivity contribution in [2.75, 3.05) is 6.54 Å². The van der Waals surface area contributed by atoms with E-state index in [-0.39, 0.29) is 0 Å². The molecule has 0 aliphatic carbocycles. The molecule has 0 aliphatic heterocycles. The molecular formula is C14H14N2S2. The van der Waals surface area contributed by atoms with E-state index in [4.69, 9.17) is 5.73 Å². The van der Waals surface area contributed by atoms with Gasteiger partial charge >= 0.3 is 0 Å². The van der Waals surface area contributed by atoms with E-state index in [1.165, 1.54) is 21.1 Å². The monoisotopic (exact) mass is 274 g/mol. The van der Waals surface area contributed by atoms with Crippen molar-refractivity contribution in [3.63, 3.8) is 0 Å². The molecule has 3 aromatic heterocycles. The summed E-state index contributed by atoms with van der Waals surface area (Å²) in [5.74, 6) is 0. The fourth-order valence-electron chi connectivity index (χ4n) is 2.12. The van der Waals surface area contributed by atoms with Gasteiger partial charge in [-0.25, -0.2) is 0 Å². The van der Waals surface area contributed by atoms with Crippen molar-refractivity contribution in [1.29, 1.82) is 0 Å². The molecule has 0 spiro atoms. The summed E-state index contributed by atoms with van der Waals surface area (Å²) >= 11 is 3.54. The number of hydrogen-bond donors (Lipinski definition) is 1. The Kier molecular flexibility index (Phi) is 3.32. The topological polar surface area (TPSA) is 30.9 Å². The number of nitrogens with two attached hydrogens (primary N) is 1. The molecule has 92 valence electrons. The van der Waals surface area contributed by atoms with Gasteiger partial charge in [0.05, 0.1) is 21.1 Å². The minimum absolute atomic E-state index is 0.658. The van der Waals surface area contributed by atoms with Crippen LogP contribution < -0.4 is 5.73 Å². The van der Waals surface area contributed by atoms with E-state index in [2.05, 4.69) is 51.7 Å². The fraction of sp³-hybridized carbons (Fsp3) is 0.143. The average Bonchev–Trinajstić information content (AvgIpc) is 3.10. The third-order valence-corrected chi connectivity index (χ3v) is 4.67. The summed E-state index contributed by atoms with van der Waals surface area (Å²) in [6, 6.07) is 12.9. The van der Waals surface area contributed by atoms with Crippen molar-refractivity contribution >= 4 is 22.7 Å². The highest BCUT2D eigenvalue weighted by Crippen LogP contribution is 2.33. The van der Waals surface area contributed by atoms with Gasteiger partial charge in [-0.1, -0.05) is 12.1 Å². The first-order valence-electron chi connectivity index (χ1n) is 5.87. The second-order valence-electron chi connectivity index (χ2n) is 4.00. The Balaban J connectivity index is 2.11. The van der Waals surface area contributed by atoms with Crippen LogP contribution in [0.1, 0.15) is 0 Å². The molecule has 18 heavy (non-hydrogen) atoms. The van der Waals surface area contributed by atoms with Crippen LogP contribution in [0.5, 0.6) is 0 Å². The Morgan fingerprint density at radius 3 is 1.83 bits per heavy atom. The van der Waals surface area contributed by atoms with Gasteiger partial charge in [-0.2, -0.15) is 0 Å². The molecule has 2 nitrogen and oxygen atoms in total. The maximum atomic E-state index is 5.75. The minimum Gasteiger partial charge on any atom is -0.338 e. The zero-order valence-corrected chi connectivity index (χ0v) is 11.5. The molecule has 2 N–H and O–H groups in total. The number of thiophene rings is 2. The summed E-state index contributed by atoms with van der Waals surface area (Å²) in [6.45, 7) is 1.51. The van der Waals surface area contributed by atoms with Crippen LogP contribution in [0.4, 0.5) is 0 Å².